The lowest BCUT2D eigenvalue weighted by atomic mass is 10.1. The van der Waals surface area contributed by atoms with Crippen molar-refractivity contribution < 1.29 is 19.0 Å². The SMILES string of the molecule is Cl.O=C(O)c1cnccc1Nc1cc(-c2cc(Cl)ccc2F)nc2c1OCCN2. The summed E-state index contributed by atoms with van der Waals surface area (Å²) in [5, 5.41) is 15.9. The summed E-state index contributed by atoms with van der Waals surface area (Å²) in [5.74, 6) is -0.754. The van der Waals surface area contributed by atoms with Crippen molar-refractivity contribution in [3.05, 3.63) is 59.1 Å². The van der Waals surface area contributed by atoms with Crippen LogP contribution in [0, 0.1) is 5.82 Å². The number of rotatable bonds is 4. The molecule has 0 amide bonds. The Labute approximate surface area is 176 Å². The minimum atomic E-state index is -1.13. The molecule has 0 saturated carbocycles. The van der Waals surface area contributed by atoms with E-state index < -0.39 is 11.8 Å². The van der Waals surface area contributed by atoms with E-state index in [0.29, 0.717) is 46.8 Å². The zero-order valence-electron chi connectivity index (χ0n) is 14.8. The van der Waals surface area contributed by atoms with E-state index >= 15 is 0 Å². The van der Waals surface area contributed by atoms with Gasteiger partial charge in [0, 0.05) is 23.0 Å². The van der Waals surface area contributed by atoms with Crippen molar-refractivity contribution in [3.63, 3.8) is 0 Å². The number of carboxylic acid groups (broad SMARTS) is 1. The number of halogens is 3. The first-order valence-corrected chi connectivity index (χ1v) is 8.72. The second kappa shape index (κ2) is 8.50. The van der Waals surface area contributed by atoms with Gasteiger partial charge in [0.05, 0.1) is 23.6 Å². The third kappa shape index (κ3) is 4.18. The number of carbonyl (C=O) groups is 1. The van der Waals surface area contributed by atoms with Crippen LogP contribution in [0.3, 0.4) is 0 Å². The van der Waals surface area contributed by atoms with Gasteiger partial charge >= 0.3 is 5.97 Å². The highest BCUT2D eigenvalue weighted by Crippen LogP contribution is 2.40. The van der Waals surface area contributed by atoms with Crippen molar-refractivity contribution in [1.82, 2.24) is 9.97 Å². The number of benzene rings is 1. The summed E-state index contributed by atoms with van der Waals surface area (Å²) in [6, 6.07) is 7.32. The average molecular weight is 437 g/mol. The van der Waals surface area contributed by atoms with E-state index in [1.807, 2.05) is 0 Å². The van der Waals surface area contributed by atoms with Crippen LogP contribution >= 0.6 is 24.0 Å². The predicted molar refractivity (Wildman–Crippen MR) is 110 cm³/mol. The Hall–Kier alpha value is -3.10. The number of nitrogens with zero attached hydrogens (tertiary/aromatic N) is 2. The lowest BCUT2D eigenvalue weighted by Crippen LogP contribution is -2.20. The summed E-state index contributed by atoms with van der Waals surface area (Å²) in [6.07, 6.45) is 2.72. The van der Waals surface area contributed by atoms with E-state index in [1.54, 1.807) is 6.07 Å². The minimum Gasteiger partial charge on any atom is -0.486 e. The van der Waals surface area contributed by atoms with Crippen molar-refractivity contribution in [2.75, 3.05) is 23.8 Å². The first-order chi connectivity index (χ1) is 13.5. The Balaban J connectivity index is 0.00000240. The van der Waals surface area contributed by atoms with Crippen LogP contribution in [0.1, 0.15) is 10.4 Å². The number of ether oxygens (including phenoxy) is 1. The first-order valence-electron chi connectivity index (χ1n) is 8.34. The van der Waals surface area contributed by atoms with E-state index in [4.69, 9.17) is 16.3 Å². The molecule has 3 heterocycles. The molecule has 3 N–H and O–H groups in total. The average Bonchev–Trinajstić information content (AvgIpc) is 2.70. The summed E-state index contributed by atoms with van der Waals surface area (Å²) in [7, 11) is 0. The molecule has 0 radical (unpaired) electrons. The van der Waals surface area contributed by atoms with Crippen LogP contribution in [0.2, 0.25) is 5.02 Å². The van der Waals surface area contributed by atoms with E-state index in [0.717, 1.165) is 0 Å². The van der Waals surface area contributed by atoms with Crippen LogP contribution in [-0.2, 0) is 0 Å². The van der Waals surface area contributed by atoms with Crippen molar-refractivity contribution in [2.45, 2.75) is 0 Å². The van der Waals surface area contributed by atoms with Crippen LogP contribution in [0.15, 0.2) is 42.7 Å². The number of aromatic carboxylic acids is 1. The maximum absolute atomic E-state index is 14.4. The maximum Gasteiger partial charge on any atom is 0.339 e. The molecule has 3 aromatic rings. The topological polar surface area (TPSA) is 96.4 Å². The Bertz CT molecular complexity index is 1080. The molecule has 0 saturated heterocycles. The Morgan fingerprint density at radius 1 is 1.28 bits per heavy atom. The molecule has 0 spiro atoms. The third-order valence-corrected chi connectivity index (χ3v) is 4.37. The van der Waals surface area contributed by atoms with Gasteiger partial charge in [0.15, 0.2) is 11.6 Å². The monoisotopic (exact) mass is 436 g/mol. The molecule has 4 rings (SSSR count). The maximum atomic E-state index is 14.4. The van der Waals surface area contributed by atoms with Crippen LogP contribution in [0.4, 0.5) is 21.6 Å². The molecule has 150 valence electrons. The fourth-order valence-electron chi connectivity index (χ4n) is 2.87. The van der Waals surface area contributed by atoms with Crippen LogP contribution in [0.5, 0.6) is 5.75 Å². The summed E-state index contributed by atoms with van der Waals surface area (Å²) >= 11 is 6.01. The van der Waals surface area contributed by atoms with Crippen molar-refractivity contribution in [3.8, 4) is 17.0 Å². The summed E-state index contributed by atoms with van der Waals surface area (Å²) in [4.78, 5) is 19.8. The highest BCUT2D eigenvalue weighted by Gasteiger charge is 2.21. The van der Waals surface area contributed by atoms with Gasteiger partial charge in [-0.25, -0.2) is 14.2 Å². The molecule has 0 atom stereocenters. The predicted octanol–water partition coefficient (Wildman–Crippen LogP) is 4.60. The van der Waals surface area contributed by atoms with Crippen molar-refractivity contribution in [2.24, 2.45) is 0 Å². The fourth-order valence-corrected chi connectivity index (χ4v) is 3.04. The lowest BCUT2D eigenvalue weighted by Gasteiger charge is -2.23. The summed E-state index contributed by atoms with van der Waals surface area (Å²) in [6.45, 7) is 0.951. The molecule has 1 aliphatic heterocycles. The molecule has 1 aliphatic rings. The molecular formula is C19H15Cl2FN4O3. The van der Waals surface area contributed by atoms with Gasteiger partial charge in [-0.3, -0.25) is 4.98 Å². The van der Waals surface area contributed by atoms with Gasteiger partial charge in [0.1, 0.15) is 18.0 Å². The largest absolute Gasteiger partial charge is 0.486 e. The standard InChI is InChI=1S/C19H14ClFN4O3.ClH/c20-10-1-2-13(21)11(7-10)15-8-16(17-18(25-15)23-5-6-28-17)24-14-3-4-22-9-12(14)19(26)27;/h1-4,7-9H,5-6H2,(H,26,27)(H2,22,23,24,25);1H. The molecule has 2 aromatic heterocycles. The number of hydrogen-bond donors (Lipinski definition) is 3. The number of hydrogen-bond acceptors (Lipinski definition) is 6. The van der Waals surface area contributed by atoms with Crippen molar-refractivity contribution in [1.29, 1.82) is 0 Å². The van der Waals surface area contributed by atoms with Crippen LogP contribution in [-0.4, -0.2) is 34.2 Å². The van der Waals surface area contributed by atoms with Gasteiger partial charge in [-0.05, 0) is 30.3 Å². The number of aromatic nitrogens is 2. The molecule has 0 unspecified atom stereocenters. The molecule has 7 nitrogen and oxygen atoms in total. The van der Waals surface area contributed by atoms with Gasteiger partial charge in [-0.15, -0.1) is 12.4 Å². The van der Waals surface area contributed by atoms with Gasteiger partial charge in [0.25, 0.3) is 0 Å². The highest BCUT2D eigenvalue weighted by atomic mass is 35.5. The van der Waals surface area contributed by atoms with Gasteiger partial charge in [0.2, 0.25) is 0 Å². The number of carboxylic acids is 1. The minimum absolute atomic E-state index is 0. The second-order valence-electron chi connectivity index (χ2n) is 5.98. The van der Waals surface area contributed by atoms with E-state index in [2.05, 4.69) is 20.6 Å². The normalized spacial score (nSPS) is 12.1. The molecule has 0 aliphatic carbocycles. The van der Waals surface area contributed by atoms with Gasteiger partial charge in [-0.1, -0.05) is 11.6 Å². The molecule has 29 heavy (non-hydrogen) atoms. The first kappa shape index (κ1) is 20.6. The molecule has 0 bridgehead atoms. The smallest absolute Gasteiger partial charge is 0.339 e. The van der Waals surface area contributed by atoms with Crippen molar-refractivity contribution >= 4 is 47.2 Å². The third-order valence-electron chi connectivity index (χ3n) is 4.14. The summed E-state index contributed by atoms with van der Waals surface area (Å²) < 4.78 is 20.1. The quantitative estimate of drug-likeness (QED) is 0.549. The number of nitrogens with one attached hydrogen (secondary N) is 2. The van der Waals surface area contributed by atoms with E-state index in [1.165, 1.54) is 36.7 Å². The molecule has 10 heteroatoms. The van der Waals surface area contributed by atoms with Gasteiger partial charge < -0.3 is 20.5 Å². The second-order valence-corrected chi connectivity index (χ2v) is 6.42. The Kier molecular flexibility index (Phi) is 6.05. The Morgan fingerprint density at radius 2 is 2.10 bits per heavy atom. The van der Waals surface area contributed by atoms with Crippen LogP contribution in [0.25, 0.3) is 11.3 Å². The Morgan fingerprint density at radius 3 is 2.90 bits per heavy atom. The fraction of sp³-hybridized carbons (Fsp3) is 0.105. The summed E-state index contributed by atoms with van der Waals surface area (Å²) in [5.41, 5.74) is 1.30. The number of pyridine rings is 2. The molecule has 0 fully saturated rings. The van der Waals surface area contributed by atoms with E-state index in [9.17, 15) is 14.3 Å². The lowest BCUT2D eigenvalue weighted by molar-refractivity contribution is 0.0697. The molecule has 1 aromatic carbocycles. The molecular weight excluding hydrogens is 422 g/mol. The van der Waals surface area contributed by atoms with Crippen LogP contribution < -0.4 is 15.4 Å². The number of fused-ring (bicyclic) bond motifs is 1. The highest BCUT2D eigenvalue weighted by molar-refractivity contribution is 6.30. The zero-order chi connectivity index (χ0) is 19.7. The van der Waals surface area contributed by atoms with Gasteiger partial charge in [-0.2, -0.15) is 0 Å². The van der Waals surface area contributed by atoms with E-state index in [-0.39, 0.29) is 23.5 Å². The number of anilines is 3. The zero-order valence-corrected chi connectivity index (χ0v) is 16.4.